The van der Waals surface area contributed by atoms with Gasteiger partial charge in [-0.25, -0.2) is 0 Å². The van der Waals surface area contributed by atoms with E-state index in [2.05, 4.69) is 17.1 Å². The van der Waals surface area contributed by atoms with E-state index in [0.717, 1.165) is 29.5 Å². The average Bonchev–Trinajstić information content (AvgIpc) is 2.76. The molecule has 0 amide bonds. The summed E-state index contributed by atoms with van der Waals surface area (Å²) in [5.41, 5.74) is 2.19. The monoisotopic (exact) mass is 208 g/mol. The Balaban J connectivity index is 2.12. The van der Waals surface area contributed by atoms with Crippen molar-refractivity contribution in [2.24, 2.45) is 0 Å². The summed E-state index contributed by atoms with van der Waals surface area (Å²) >= 11 is 5.16. The van der Waals surface area contributed by atoms with Gasteiger partial charge in [-0.15, -0.1) is 0 Å². The molecular formula is C10H12N2OS. The van der Waals surface area contributed by atoms with Crippen LogP contribution in [-0.2, 0) is 0 Å². The van der Waals surface area contributed by atoms with Crippen LogP contribution in [0.2, 0.25) is 0 Å². The summed E-state index contributed by atoms with van der Waals surface area (Å²) in [7, 11) is 0. The van der Waals surface area contributed by atoms with Crippen LogP contribution in [0.3, 0.4) is 0 Å². The molecule has 4 heteroatoms. The summed E-state index contributed by atoms with van der Waals surface area (Å²) in [4.78, 5) is 2.11. The zero-order valence-corrected chi connectivity index (χ0v) is 8.80. The highest BCUT2D eigenvalue weighted by molar-refractivity contribution is 7.80. The number of thiocarbonyl (C=S) groups is 1. The molecule has 1 N–H and O–H groups in total. The standard InChI is InChI=1S/C10H12N2OS/c1-2-12-6-9(11-10(12)14)5-8-3-4-13-7-8/h3-5,7H,2,6H2,1H3,(H,11,14)/b9-5-. The minimum Gasteiger partial charge on any atom is -0.472 e. The van der Waals surface area contributed by atoms with Crippen LogP contribution in [0, 0.1) is 0 Å². The van der Waals surface area contributed by atoms with Gasteiger partial charge in [0.15, 0.2) is 5.11 Å². The summed E-state index contributed by atoms with van der Waals surface area (Å²) in [5, 5.41) is 3.98. The van der Waals surface area contributed by atoms with Crippen molar-refractivity contribution in [1.82, 2.24) is 10.2 Å². The first-order chi connectivity index (χ1) is 6.79. The van der Waals surface area contributed by atoms with Gasteiger partial charge in [0.05, 0.1) is 19.1 Å². The average molecular weight is 208 g/mol. The van der Waals surface area contributed by atoms with Gasteiger partial charge in [0.2, 0.25) is 0 Å². The molecule has 74 valence electrons. The normalized spacial score (nSPS) is 19.1. The zero-order valence-electron chi connectivity index (χ0n) is 7.99. The lowest BCUT2D eigenvalue weighted by molar-refractivity contribution is 0.510. The van der Waals surface area contributed by atoms with Gasteiger partial charge in [0.1, 0.15) is 0 Å². The first kappa shape index (κ1) is 9.27. The largest absolute Gasteiger partial charge is 0.472 e. The van der Waals surface area contributed by atoms with Gasteiger partial charge in [-0.05, 0) is 31.3 Å². The lowest BCUT2D eigenvalue weighted by atomic mass is 10.3. The lowest BCUT2D eigenvalue weighted by Gasteiger charge is -2.11. The number of hydrogen-bond acceptors (Lipinski definition) is 2. The highest BCUT2D eigenvalue weighted by Gasteiger charge is 2.18. The molecule has 2 heterocycles. The zero-order chi connectivity index (χ0) is 9.97. The van der Waals surface area contributed by atoms with Crippen LogP contribution in [0.5, 0.6) is 0 Å². The maximum atomic E-state index is 5.16. The molecule has 1 aliphatic rings. The molecule has 0 aliphatic carbocycles. The lowest BCUT2D eigenvalue weighted by Crippen LogP contribution is -2.27. The molecule has 1 aromatic heterocycles. The molecular weight excluding hydrogens is 196 g/mol. The molecule has 0 bridgehead atoms. The quantitative estimate of drug-likeness (QED) is 0.751. The molecule has 2 rings (SSSR count). The van der Waals surface area contributed by atoms with E-state index in [1.54, 1.807) is 12.5 Å². The maximum absolute atomic E-state index is 5.16. The number of nitrogens with zero attached hydrogens (tertiary/aromatic N) is 1. The predicted molar refractivity (Wildman–Crippen MR) is 59.7 cm³/mol. The molecule has 0 radical (unpaired) electrons. The first-order valence-corrected chi connectivity index (χ1v) is 4.99. The summed E-state index contributed by atoms with van der Waals surface area (Å²) < 4.78 is 4.99. The third kappa shape index (κ3) is 1.80. The fourth-order valence-electron chi connectivity index (χ4n) is 1.43. The number of hydrogen-bond donors (Lipinski definition) is 1. The van der Waals surface area contributed by atoms with Crippen LogP contribution >= 0.6 is 12.2 Å². The summed E-state index contributed by atoms with van der Waals surface area (Å²) in [6, 6.07) is 1.92. The van der Waals surface area contributed by atoms with E-state index in [-0.39, 0.29) is 0 Å². The Hall–Kier alpha value is -1.29. The van der Waals surface area contributed by atoms with Gasteiger partial charge in [0.25, 0.3) is 0 Å². The second kappa shape index (κ2) is 3.84. The summed E-state index contributed by atoms with van der Waals surface area (Å²) in [6.07, 6.45) is 5.43. The number of rotatable bonds is 2. The fourth-order valence-corrected chi connectivity index (χ4v) is 1.75. The van der Waals surface area contributed by atoms with Gasteiger partial charge in [-0.2, -0.15) is 0 Å². The first-order valence-electron chi connectivity index (χ1n) is 4.58. The second-order valence-electron chi connectivity index (χ2n) is 3.17. The van der Waals surface area contributed by atoms with E-state index in [0.29, 0.717) is 0 Å². The van der Waals surface area contributed by atoms with Crippen LogP contribution in [-0.4, -0.2) is 23.1 Å². The van der Waals surface area contributed by atoms with Crippen molar-refractivity contribution >= 4 is 23.4 Å². The highest BCUT2D eigenvalue weighted by Crippen LogP contribution is 2.12. The van der Waals surface area contributed by atoms with Crippen molar-refractivity contribution in [3.05, 3.63) is 29.9 Å². The van der Waals surface area contributed by atoms with Crippen molar-refractivity contribution in [3.8, 4) is 0 Å². The molecule has 0 unspecified atom stereocenters. The van der Waals surface area contributed by atoms with Crippen LogP contribution in [0.1, 0.15) is 12.5 Å². The number of furan rings is 1. The van der Waals surface area contributed by atoms with Crippen molar-refractivity contribution in [2.75, 3.05) is 13.1 Å². The van der Waals surface area contributed by atoms with Gasteiger partial charge in [-0.3, -0.25) is 0 Å². The summed E-state index contributed by atoms with van der Waals surface area (Å²) in [5.74, 6) is 0. The van der Waals surface area contributed by atoms with E-state index >= 15 is 0 Å². The number of nitrogens with one attached hydrogen (secondary N) is 1. The molecule has 1 saturated heterocycles. The maximum Gasteiger partial charge on any atom is 0.173 e. The molecule has 1 aliphatic heterocycles. The topological polar surface area (TPSA) is 28.4 Å². The third-order valence-electron chi connectivity index (χ3n) is 2.18. The smallest absolute Gasteiger partial charge is 0.173 e. The Morgan fingerprint density at radius 3 is 3.14 bits per heavy atom. The third-order valence-corrected chi connectivity index (χ3v) is 2.54. The van der Waals surface area contributed by atoms with Crippen LogP contribution in [0.15, 0.2) is 28.7 Å². The predicted octanol–water partition coefficient (Wildman–Crippen LogP) is 1.83. The molecule has 0 saturated carbocycles. The molecule has 0 spiro atoms. The van der Waals surface area contributed by atoms with Crippen LogP contribution < -0.4 is 5.32 Å². The molecule has 1 aromatic rings. The summed E-state index contributed by atoms with van der Waals surface area (Å²) in [6.45, 7) is 3.89. The SMILES string of the molecule is CCN1C/C(=C/c2ccoc2)NC1=S. The van der Waals surface area contributed by atoms with Crippen molar-refractivity contribution in [1.29, 1.82) is 0 Å². The fraction of sp³-hybridized carbons (Fsp3) is 0.300. The van der Waals surface area contributed by atoms with Crippen molar-refractivity contribution in [2.45, 2.75) is 6.92 Å². The van der Waals surface area contributed by atoms with Crippen molar-refractivity contribution in [3.63, 3.8) is 0 Å². The Bertz CT molecular complexity index is 356. The van der Waals surface area contributed by atoms with E-state index in [1.807, 2.05) is 12.1 Å². The van der Waals surface area contributed by atoms with Crippen LogP contribution in [0.4, 0.5) is 0 Å². The molecule has 0 atom stereocenters. The molecule has 14 heavy (non-hydrogen) atoms. The van der Waals surface area contributed by atoms with E-state index in [1.165, 1.54) is 0 Å². The van der Waals surface area contributed by atoms with Gasteiger partial charge < -0.3 is 14.6 Å². The highest BCUT2D eigenvalue weighted by atomic mass is 32.1. The van der Waals surface area contributed by atoms with Gasteiger partial charge >= 0.3 is 0 Å². The van der Waals surface area contributed by atoms with E-state index in [4.69, 9.17) is 16.6 Å². The minimum absolute atomic E-state index is 0.808. The Morgan fingerprint density at radius 1 is 1.71 bits per heavy atom. The van der Waals surface area contributed by atoms with Crippen molar-refractivity contribution < 1.29 is 4.42 Å². The second-order valence-corrected chi connectivity index (χ2v) is 3.56. The van der Waals surface area contributed by atoms with Gasteiger partial charge in [-0.1, -0.05) is 0 Å². The molecule has 0 aromatic carbocycles. The Labute approximate surface area is 88.4 Å². The van der Waals surface area contributed by atoms with Crippen LogP contribution in [0.25, 0.3) is 6.08 Å². The molecule has 1 fully saturated rings. The minimum atomic E-state index is 0.808. The Morgan fingerprint density at radius 2 is 2.57 bits per heavy atom. The number of likely N-dealkylation sites (N-methyl/N-ethyl adjacent to an activating group) is 1. The Kier molecular flexibility index (Phi) is 2.54. The van der Waals surface area contributed by atoms with Gasteiger partial charge in [0, 0.05) is 17.8 Å². The molecule has 3 nitrogen and oxygen atoms in total. The van der Waals surface area contributed by atoms with E-state index in [9.17, 15) is 0 Å². The van der Waals surface area contributed by atoms with E-state index < -0.39 is 0 Å².